The van der Waals surface area contributed by atoms with Gasteiger partial charge in [-0.3, -0.25) is 0 Å². The third-order valence-corrected chi connectivity index (χ3v) is 11.6. The Balaban J connectivity index is 2.76. The van der Waals surface area contributed by atoms with Gasteiger partial charge in [0.25, 0.3) is 0 Å². The van der Waals surface area contributed by atoms with Crippen molar-refractivity contribution in [3.8, 4) is 0 Å². The van der Waals surface area contributed by atoms with Crippen molar-refractivity contribution in [3.05, 3.63) is 42.5 Å². The molecule has 0 bridgehead atoms. The molecule has 66 valence electrons. The summed E-state index contributed by atoms with van der Waals surface area (Å²) in [6, 6.07) is 15.0. The molecule has 0 N–H and O–H groups in total. The number of hydrogen-bond acceptors (Lipinski definition) is 0. The average Bonchev–Trinajstić information content (AvgIpc) is 2.17. The SMILES string of the molecule is [Br][Bi]([Br])[c]1cccc2ccccc12. The second kappa shape index (κ2) is 4.38. The number of hydrogen-bond donors (Lipinski definition) is 0. The Labute approximate surface area is 96.9 Å². The summed E-state index contributed by atoms with van der Waals surface area (Å²) in [4.78, 5) is 0. The number of rotatable bonds is 1. The topological polar surface area (TPSA) is 0 Å². The van der Waals surface area contributed by atoms with Crippen LogP contribution < -0.4 is 3.27 Å². The predicted octanol–water partition coefficient (Wildman–Crippen LogP) is 3.32. The molecular weight excluding hydrogens is 489 g/mol. The van der Waals surface area contributed by atoms with Gasteiger partial charge in [0.2, 0.25) is 0 Å². The molecule has 0 heterocycles. The minimum atomic E-state index is -1.65. The fourth-order valence-electron chi connectivity index (χ4n) is 1.36. The summed E-state index contributed by atoms with van der Waals surface area (Å²) in [5.41, 5.74) is 0. The van der Waals surface area contributed by atoms with Crippen molar-refractivity contribution in [1.82, 2.24) is 0 Å². The van der Waals surface area contributed by atoms with Gasteiger partial charge in [0.1, 0.15) is 0 Å². The number of benzene rings is 2. The van der Waals surface area contributed by atoms with Crippen molar-refractivity contribution >= 4 is 55.5 Å². The molecule has 0 atom stereocenters. The molecule has 0 fully saturated rings. The van der Waals surface area contributed by atoms with Crippen molar-refractivity contribution in [2.24, 2.45) is 0 Å². The fourth-order valence-corrected chi connectivity index (χ4v) is 9.06. The van der Waals surface area contributed by atoms with Crippen LogP contribution in [0.1, 0.15) is 0 Å². The zero-order valence-corrected chi connectivity index (χ0v) is 13.4. The summed E-state index contributed by atoms with van der Waals surface area (Å²) >= 11 is 5.80. The van der Waals surface area contributed by atoms with Crippen LogP contribution in [-0.2, 0) is 0 Å². The third-order valence-electron chi connectivity index (χ3n) is 1.95. The van der Waals surface area contributed by atoms with Gasteiger partial charge in [-0.1, -0.05) is 0 Å². The van der Waals surface area contributed by atoms with Crippen LogP contribution in [0.2, 0.25) is 0 Å². The molecule has 3 heteroatoms. The van der Waals surface area contributed by atoms with E-state index in [1.165, 1.54) is 14.0 Å². The third kappa shape index (κ3) is 2.14. The first-order valence-corrected chi connectivity index (χ1v) is 20.7. The van der Waals surface area contributed by atoms with E-state index in [0.29, 0.717) is 0 Å². The molecule has 0 aromatic heterocycles. The summed E-state index contributed by atoms with van der Waals surface area (Å²) in [5, 5.41) is 2.72. The molecule has 0 spiro atoms. The Morgan fingerprint density at radius 1 is 0.846 bits per heavy atom. The van der Waals surface area contributed by atoms with Gasteiger partial charge in [-0.2, -0.15) is 0 Å². The standard InChI is InChI=1S/C10H7.Bi.2BrH/c1-2-6-10-8-4-3-7-9(10)5-1;;;/h1-7H;;2*1H/q;+2;;/p-2. The summed E-state index contributed by atoms with van der Waals surface area (Å²) in [6.45, 7) is 0. The quantitative estimate of drug-likeness (QED) is 0.533. The fraction of sp³-hybridized carbons (Fsp3) is 0. The molecule has 0 saturated heterocycles. The van der Waals surface area contributed by atoms with Crippen molar-refractivity contribution in [2.45, 2.75) is 0 Å². The predicted molar refractivity (Wildman–Crippen MR) is 67.2 cm³/mol. The van der Waals surface area contributed by atoms with E-state index in [1.807, 2.05) is 0 Å². The molecule has 0 aliphatic carbocycles. The Morgan fingerprint density at radius 3 is 2.31 bits per heavy atom. The van der Waals surface area contributed by atoms with Gasteiger partial charge in [0, 0.05) is 0 Å². The van der Waals surface area contributed by atoms with Gasteiger partial charge in [0.15, 0.2) is 0 Å². The maximum atomic E-state index is 3.72. The van der Waals surface area contributed by atoms with Crippen LogP contribution in [0.25, 0.3) is 10.8 Å². The van der Waals surface area contributed by atoms with Crippen molar-refractivity contribution in [1.29, 1.82) is 0 Å². The van der Waals surface area contributed by atoms with Crippen molar-refractivity contribution in [2.75, 3.05) is 0 Å². The van der Waals surface area contributed by atoms with Crippen molar-refractivity contribution < 1.29 is 0 Å². The second-order valence-corrected chi connectivity index (χ2v) is 27.2. The molecule has 2 aromatic carbocycles. The molecule has 0 radical (unpaired) electrons. The molecule has 0 aliphatic rings. The molecule has 0 saturated carbocycles. The van der Waals surface area contributed by atoms with Gasteiger partial charge in [-0.25, -0.2) is 0 Å². The average molecular weight is 496 g/mol. The van der Waals surface area contributed by atoms with Crippen molar-refractivity contribution in [3.63, 3.8) is 0 Å². The van der Waals surface area contributed by atoms with E-state index < -0.39 is 17.1 Å². The molecule has 2 aromatic rings. The number of fused-ring (bicyclic) bond motifs is 1. The number of halogens is 2. The molecule has 13 heavy (non-hydrogen) atoms. The van der Waals surface area contributed by atoms with E-state index in [4.69, 9.17) is 0 Å². The molecule has 0 amide bonds. The zero-order valence-electron chi connectivity index (χ0n) is 6.74. The van der Waals surface area contributed by atoms with Crippen LogP contribution in [-0.4, -0.2) is 17.1 Å². The molecule has 2 rings (SSSR count). The Morgan fingerprint density at radius 2 is 1.54 bits per heavy atom. The molecule has 0 aliphatic heterocycles. The Kier molecular flexibility index (Phi) is 3.39. The minimum absolute atomic E-state index is 1.33. The summed E-state index contributed by atoms with van der Waals surface area (Å²) in [5.74, 6) is 0. The maximum absolute atomic E-state index is 3.72. The second-order valence-electron chi connectivity index (χ2n) is 2.73. The Hall–Kier alpha value is 0.543. The van der Waals surface area contributed by atoms with Gasteiger partial charge in [0.05, 0.1) is 0 Å². The van der Waals surface area contributed by atoms with Crippen LogP contribution in [0.3, 0.4) is 0 Å². The van der Waals surface area contributed by atoms with Crippen LogP contribution >= 0.6 is 24.4 Å². The van der Waals surface area contributed by atoms with E-state index in [2.05, 4.69) is 66.9 Å². The first-order chi connectivity index (χ1) is 6.29. The summed E-state index contributed by atoms with van der Waals surface area (Å²) in [6.07, 6.45) is 0. The van der Waals surface area contributed by atoms with E-state index in [9.17, 15) is 0 Å². The summed E-state index contributed by atoms with van der Waals surface area (Å²) < 4.78 is 1.48. The molecule has 0 unspecified atom stereocenters. The van der Waals surface area contributed by atoms with Crippen LogP contribution in [0.5, 0.6) is 0 Å². The van der Waals surface area contributed by atoms with Gasteiger partial charge in [-0.15, -0.1) is 0 Å². The van der Waals surface area contributed by atoms with Gasteiger partial charge < -0.3 is 0 Å². The summed E-state index contributed by atoms with van der Waals surface area (Å²) in [7, 11) is 0. The van der Waals surface area contributed by atoms with E-state index in [0.717, 1.165) is 0 Å². The Bertz CT molecular complexity index is 421. The first-order valence-electron chi connectivity index (χ1n) is 3.88. The normalized spacial score (nSPS) is 11.0. The van der Waals surface area contributed by atoms with Crippen LogP contribution in [0.4, 0.5) is 0 Å². The van der Waals surface area contributed by atoms with Crippen LogP contribution in [0.15, 0.2) is 42.5 Å². The van der Waals surface area contributed by atoms with Gasteiger partial charge >= 0.3 is 98.0 Å². The molecular formula is C10H7BiBr2. The van der Waals surface area contributed by atoms with Gasteiger partial charge in [-0.05, 0) is 0 Å². The zero-order chi connectivity index (χ0) is 9.26. The van der Waals surface area contributed by atoms with Crippen LogP contribution in [0, 0.1) is 0 Å². The van der Waals surface area contributed by atoms with E-state index in [-0.39, 0.29) is 0 Å². The van der Waals surface area contributed by atoms with E-state index >= 15 is 0 Å². The monoisotopic (exact) mass is 494 g/mol. The van der Waals surface area contributed by atoms with E-state index in [1.54, 1.807) is 0 Å². The first kappa shape index (κ1) is 10.1. The molecule has 0 nitrogen and oxygen atoms in total.